The summed E-state index contributed by atoms with van der Waals surface area (Å²) in [5.41, 5.74) is 8.65. The van der Waals surface area contributed by atoms with Gasteiger partial charge in [0.25, 0.3) is 0 Å². The normalized spacial score (nSPS) is 18.8. The molecule has 4 nitrogen and oxygen atoms in total. The Labute approximate surface area is 220 Å². The van der Waals surface area contributed by atoms with Crippen LogP contribution in [0.3, 0.4) is 0 Å². The molecule has 0 aliphatic carbocycles. The Bertz CT molecular complexity index is 1260. The molecule has 4 heterocycles. The van der Waals surface area contributed by atoms with E-state index in [0.717, 1.165) is 38.3 Å². The summed E-state index contributed by atoms with van der Waals surface area (Å²) < 4.78 is 20.6. The smallest absolute Gasteiger partial charge is 0.599 e. The third-order valence-electron chi connectivity index (χ3n) is 7.88. The molecule has 1 unspecified atom stereocenters. The summed E-state index contributed by atoms with van der Waals surface area (Å²) in [5, 5.41) is 0. The van der Waals surface area contributed by atoms with Gasteiger partial charge in [0, 0.05) is 33.9 Å². The average Bonchev–Trinajstić information content (AvgIpc) is 3.40. The number of rotatable bonds is 6. The van der Waals surface area contributed by atoms with Crippen LogP contribution in [0.1, 0.15) is 76.8 Å². The number of aromatic nitrogens is 1. The molecule has 0 radical (unpaired) electrons. The quantitative estimate of drug-likeness (QED) is 0.319. The number of benzene rings is 1. The van der Waals surface area contributed by atoms with Crippen molar-refractivity contribution in [3.8, 4) is 11.5 Å². The highest BCUT2D eigenvalue weighted by Gasteiger charge is 2.63. The molecular weight excluding hydrogens is 555 g/mol. The summed E-state index contributed by atoms with van der Waals surface area (Å²) in [6.07, 6.45) is 5.98. The SMILES string of the molecule is CCCCC(CC)CC1=C2C(C)=C(Br)C(C)=[N+]2[B-]2(Oc3ccccc3O2)n2c(C)c(Br)c(C)c21. The maximum absolute atomic E-state index is 6.84. The van der Waals surface area contributed by atoms with Gasteiger partial charge in [-0.2, -0.15) is 0 Å². The van der Waals surface area contributed by atoms with Gasteiger partial charge < -0.3 is 18.3 Å². The second-order valence-electron chi connectivity index (χ2n) is 9.90. The minimum Gasteiger partial charge on any atom is -0.599 e. The van der Waals surface area contributed by atoms with E-state index in [1.54, 1.807) is 0 Å². The second kappa shape index (κ2) is 8.74. The van der Waals surface area contributed by atoms with Crippen LogP contribution in [0.5, 0.6) is 11.5 Å². The Morgan fingerprint density at radius 1 is 1.03 bits per heavy atom. The van der Waals surface area contributed by atoms with Crippen LogP contribution in [0.4, 0.5) is 0 Å². The van der Waals surface area contributed by atoms with Gasteiger partial charge in [0.05, 0.1) is 4.48 Å². The van der Waals surface area contributed by atoms with E-state index < -0.39 is 6.82 Å². The van der Waals surface area contributed by atoms with Crippen molar-refractivity contribution >= 4 is 50.0 Å². The molecule has 7 heteroatoms. The van der Waals surface area contributed by atoms with Crippen LogP contribution in [-0.4, -0.2) is 21.5 Å². The van der Waals surface area contributed by atoms with Crippen LogP contribution in [0, 0.1) is 19.8 Å². The lowest BCUT2D eigenvalue weighted by atomic mass is 9.77. The zero-order valence-corrected chi connectivity index (χ0v) is 24.1. The van der Waals surface area contributed by atoms with Gasteiger partial charge in [-0.05, 0) is 82.7 Å². The first-order valence-corrected chi connectivity index (χ1v) is 14.1. The minimum absolute atomic E-state index is 0.641. The lowest BCUT2D eigenvalue weighted by molar-refractivity contribution is -0.370. The Morgan fingerprint density at radius 2 is 1.68 bits per heavy atom. The van der Waals surface area contributed by atoms with Gasteiger partial charge in [0.15, 0.2) is 5.70 Å². The summed E-state index contributed by atoms with van der Waals surface area (Å²) in [6, 6.07) is 8.02. The topological polar surface area (TPSA) is 26.4 Å². The van der Waals surface area contributed by atoms with Gasteiger partial charge in [-0.1, -0.05) is 51.7 Å². The van der Waals surface area contributed by atoms with Gasteiger partial charge in [-0.3, -0.25) is 0 Å². The van der Waals surface area contributed by atoms with Crippen LogP contribution < -0.4 is 9.31 Å². The molecule has 1 aromatic carbocycles. The van der Waals surface area contributed by atoms with Crippen molar-refractivity contribution in [1.82, 2.24) is 4.48 Å². The molecule has 1 spiro atoms. The maximum atomic E-state index is 6.84. The molecule has 0 saturated carbocycles. The first kappa shape index (κ1) is 24.0. The number of para-hydroxylation sites is 2. The summed E-state index contributed by atoms with van der Waals surface area (Å²) in [7, 11) is 0. The van der Waals surface area contributed by atoms with E-state index in [4.69, 9.17) is 9.31 Å². The highest BCUT2D eigenvalue weighted by atomic mass is 79.9. The van der Waals surface area contributed by atoms with Crippen molar-refractivity contribution in [2.45, 2.75) is 73.6 Å². The standard InChI is InChI=1S/C27H33BBr2N2O2/c1-7-9-12-20(8-2)15-21-26-16(3)24(29)18(5)31(26)28(32-19(6)25(30)17(4)27(21)32)33-22-13-10-11-14-23(22)34-28/h10-11,13-14,20H,7-9,12,15H2,1-6H3. The van der Waals surface area contributed by atoms with Crippen molar-refractivity contribution in [3.63, 3.8) is 0 Å². The molecular formula is C27H33BBr2N2O2. The first-order chi connectivity index (χ1) is 16.3. The molecule has 1 aromatic heterocycles. The lowest BCUT2D eigenvalue weighted by Gasteiger charge is -2.39. The molecule has 34 heavy (non-hydrogen) atoms. The fourth-order valence-electron chi connectivity index (χ4n) is 6.08. The van der Waals surface area contributed by atoms with Crippen molar-refractivity contribution in [2.75, 3.05) is 0 Å². The highest BCUT2D eigenvalue weighted by Crippen LogP contribution is 2.51. The molecule has 180 valence electrons. The van der Waals surface area contributed by atoms with Gasteiger partial charge in [-0.15, -0.1) is 0 Å². The van der Waals surface area contributed by atoms with Crippen molar-refractivity contribution in [1.29, 1.82) is 0 Å². The second-order valence-corrected chi connectivity index (χ2v) is 11.5. The van der Waals surface area contributed by atoms with Crippen LogP contribution in [-0.2, 0) is 0 Å². The van der Waals surface area contributed by atoms with Crippen LogP contribution in [0.15, 0.2) is 44.5 Å². The van der Waals surface area contributed by atoms with Gasteiger partial charge in [0.1, 0.15) is 17.2 Å². The molecule has 3 aliphatic heterocycles. The van der Waals surface area contributed by atoms with Gasteiger partial charge >= 0.3 is 6.82 Å². The zero-order valence-electron chi connectivity index (χ0n) is 21.0. The number of nitrogens with zero attached hydrogens (tertiary/aromatic N) is 2. The van der Waals surface area contributed by atoms with Crippen LogP contribution in [0.2, 0.25) is 0 Å². The Kier molecular flexibility index (Phi) is 6.17. The maximum Gasteiger partial charge on any atom is 0.780 e. The van der Waals surface area contributed by atoms with Crippen LogP contribution in [0.25, 0.3) is 5.57 Å². The molecule has 3 aliphatic rings. The fourth-order valence-corrected chi connectivity index (χ4v) is 6.84. The number of hydrogen-bond donors (Lipinski definition) is 0. The lowest BCUT2D eigenvalue weighted by Crippen LogP contribution is -2.65. The molecule has 0 saturated heterocycles. The predicted molar refractivity (Wildman–Crippen MR) is 148 cm³/mol. The minimum atomic E-state index is -2.04. The molecule has 0 fully saturated rings. The summed E-state index contributed by atoms with van der Waals surface area (Å²) in [6.45, 7) is 11.3. The van der Waals surface area contributed by atoms with E-state index in [0.29, 0.717) is 5.92 Å². The predicted octanol–water partition coefficient (Wildman–Crippen LogP) is 8.11. The monoisotopic (exact) mass is 586 g/mol. The molecule has 2 aromatic rings. The van der Waals surface area contributed by atoms with E-state index >= 15 is 0 Å². The Morgan fingerprint density at radius 3 is 2.26 bits per heavy atom. The Hall–Kier alpha value is -1.73. The third-order valence-corrected chi connectivity index (χ3v) is 10.2. The number of halogens is 2. The number of fused-ring (bicyclic) bond motifs is 5. The number of hydrogen-bond acceptors (Lipinski definition) is 2. The summed E-state index contributed by atoms with van der Waals surface area (Å²) in [4.78, 5) is 0. The van der Waals surface area contributed by atoms with Crippen molar-refractivity contribution < 1.29 is 13.8 Å². The largest absolute Gasteiger partial charge is 0.780 e. The van der Waals surface area contributed by atoms with E-state index in [1.807, 2.05) is 24.3 Å². The molecule has 5 rings (SSSR count). The molecule has 0 amide bonds. The van der Waals surface area contributed by atoms with E-state index in [9.17, 15) is 0 Å². The zero-order chi connectivity index (χ0) is 24.4. The number of unbranched alkanes of at least 4 members (excludes halogenated alkanes) is 1. The molecule has 0 N–H and O–H groups in total. The molecule has 0 bridgehead atoms. The number of allylic oxidation sites excluding steroid dienone is 3. The fraction of sp³-hybridized carbons (Fsp3) is 0.444. The third kappa shape index (κ3) is 3.26. The average molecular weight is 588 g/mol. The highest BCUT2D eigenvalue weighted by molar-refractivity contribution is 9.12. The molecule has 1 atom stereocenters. The van der Waals surface area contributed by atoms with Crippen molar-refractivity contribution in [2.24, 2.45) is 5.92 Å². The Balaban J connectivity index is 1.80. The van der Waals surface area contributed by atoms with E-state index in [2.05, 4.69) is 82.4 Å². The van der Waals surface area contributed by atoms with E-state index in [-0.39, 0.29) is 0 Å². The summed E-state index contributed by atoms with van der Waals surface area (Å²) in [5.74, 6) is 2.23. The van der Waals surface area contributed by atoms with Crippen LogP contribution >= 0.6 is 31.9 Å². The first-order valence-electron chi connectivity index (χ1n) is 12.5. The van der Waals surface area contributed by atoms with Gasteiger partial charge in [-0.25, -0.2) is 0 Å². The van der Waals surface area contributed by atoms with Gasteiger partial charge in [0.2, 0.25) is 0 Å². The van der Waals surface area contributed by atoms with E-state index in [1.165, 1.54) is 53.8 Å². The summed E-state index contributed by atoms with van der Waals surface area (Å²) >= 11 is 7.82. The van der Waals surface area contributed by atoms with Crippen molar-refractivity contribution in [3.05, 3.63) is 61.4 Å².